The molecule has 78 heavy (non-hydrogen) atoms. The van der Waals surface area contributed by atoms with Gasteiger partial charge in [0.05, 0.1) is 23.2 Å². The molecule has 1 N–H and O–H groups in total. The third-order valence-electron chi connectivity index (χ3n) is 16.2. The van der Waals surface area contributed by atoms with Crippen molar-refractivity contribution in [3.63, 3.8) is 0 Å². The molecule has 432 valence electrons. The number of allylic oxidation sites excluding steroid dienone is 6. The van der Waals surface area contributed by atoms with Crippen LogP contribution in [0, 0.1) is 45.6 Å². The van der Waals surface area contributed by atoms with Crippen molar-refractivity contribution >= 4 is 41.1 Å². The number of piperidine rings is 1. The summed E-state index contributed by atoms with van der Waals surface area (Å²) < 4.78 is 46.9. The summed E-state index contributed by atoms with van der Waals surface area (Å²) in [4.78, 5) is 96.5. The molecule has 1 aliphatic carbocycles. The highest BCUT2D eigenvalue weighted by molar-refractivity contribution is 6.39. The fourth-order valence-electron chi connectivity index (χ4n) is 11.4. The summed E-state index contributed by atoms with van der Waals surface area (Å²) in [5.74, 6) is -8.19. The van der Waals surface area contributed by atoms with Crippen molar-refractivity contribution < 1.29 is 76.7 Å². The smallest absolute Gasteiger partial charge is 0.460 e. The van der Waals surface area contributed by atoms with E-state index in [-0.39, 0.29) is 54.2 Å². The first kappa shape index (κ1) is 63.4. The summed E-state index contributed by atoms with van der Waals surface area (Å²) in [5.41, 5.74) is 1.30. The van der Waals surface area contributed by atoms with Crippen molar-refractivity contribution in [2.24, 2.45) is 35.5 Å². The SMILES string of the molecule is COC1C[C@@H]2CC[C@@H](C)[C@@](O)(O2)C(=O)C(=O)N2CCCC[C@H]2C(=O)O[C@H]([C@H](C)C[C@@H]2CC[C@@H](OC(=O)Oc3ccc([N+](=O)[O-])cc3)[C@H](OC)C2)CC(=O)[C@H](C)/C=C(\C)C(OC)[C@@H](OC)C(=O)[C@H](C)C[C@H](C)/C=C/C=C/C=C/1C. The van der Waals surface area contributed by atoms with E-state index in [0.717, 1.165) is 5.57 Å². The number of nitro groups is 1. The second-order valence-corrected chi connectivity index (χ2v) is 22.0. The zero-order valence-electron chi connectivity index (χ0n) is 47.4. The zero-order valence-corrected chi connectivity index (χ0v) is 47.4. The number of nitro benzene ring substituents is 1. The van der Waals surface area contributed by atoms with Crippen molar-refractivity contribution in [2.75, 3.05) is 35.0 Å². The highest BCUT2D eigenvalue weighted by Crippen LogP contribution is 2.38. The number of methoxy groups -OCH3 is 4. The molecular weight excluding hydrogens is 1010 g/mol. The lowest BCUT2D eigenvalue weighted by Crippen LogP contribution is -2.61. The van der Waals surface area contributed by atoms with E-state index >= 15 is 0 Å². The Bertz CT molecular complexity index is 2360. The quantitative estimate of drug-likeness (QED) is 0.0574. The molecule has 19 heteroatoms. The van der Waals surface area contributed by atoms with Gasteiger partial charge in [-0.05, 0) is 119 Å². The van der Waals surface area contributed by atoms with Crippen LogP contribution in [-0.4, -0.2) is 140 Å². The Morgan fingerprint density at radius 1 is 0.833 bits per heavy atom. The van der Waals surface area contributed by atoms with Gasteiger partial charge in [-0.25, -0.2) is 9.59 Å². The molecule has 1 amide bonds. The Morgan fingerprint density at radius 2 is 1.54 bits per heavy atom. The topological polar surface area (TPSA) is 243 Å². The molecule has 1 saturated carbocycles. The Morgan fingerprint density at radius 3 is 2.19 bits per heavy atom. The fourth-order valence-corrected chi connectivity index (χ4v) is 11.4. The number of nitrogens with zero attached hydrogens (tertiary/aromatic N) is 2. The number of rotatable bonds is 10. The molecule has 1 aromatic rings. The first-order chi connectivity index (χ1) is 37.0. The van der Waals surface area contributed by atoms with Gasteiger partial charge in [-0.3, -0.25) is 29.3 Å². The number of ether oxygens (including phenoxy) is 8. The van der Waals surface area contributed by atoms with Gasteiger partial charge in [0.15, 0.2) is 5.78 Å². The molecule has 0 radical (unpaired) electrons. The monoisotopic (exact) mass is 1090 g/mol. The predicted molar refractivity (Wildman–Crippen MR) is 288 cm³/mol. The van der Waals surface area contributed by atoms with Crippen molar-refractivity contribution in [2.45, 2.75) is 180 Å². The molecule has 2 saturated heterocycles. The second kappa shape index (κ2) is 29.7. The minimum absolute atomic E-state index is 0.0257. The van der Waals surface area contributed by atoms with Crippen molar-refractivity contribution in [1.29, 1.82) is 0 Å². The molecule has 2 unspecified atom stereocenters. The van der Waals surface area contributed by atoms with Gasteiger partial charge in [0.25, 0.3) is 17.4 Å². The van der Waals surface area contributed by atoms with Gasteiger partial charge in [0.1, 0.15) is 42.0 Å². The number of hydrogen-bond acceptors (Lipinski definition) is 17. The van der Waals surface area contributed by atoms with Gasteiger partial charge in [-0.15, -0.1) is 0 Å². The lowest BCUT2D eigenvalue weighted by Gasteiger charge is -2.42. The third-order valence-corrected chi connectivity index (χ3v) is 16.2. The van der Waals surface area contributed by atoms with Crippen LogP contribution in [0.3, 0.4) is 0 Å². The number of ketones is 3. The third kappa shape index (κ3) is 16.8. The van der Waals surface area contributed by atoms with Crippen LogP contribution in [0.25, 0.3) is 0 Å². The number of aliphatic hydroxyl groups is 1. The predicted octanol–water partition coefficient (Wildman–Crippen LogP) is 8.97. The average molecular weight is 1090 g/mol. The minimum Gasteiger partial charge on any atom is -0.460 e. The van der Waals surface area contributed by atoms with Crippen LogP contribution in [0.2, 0.25) is 0 Å². The zero-order chi connectivity index (χ0) is 57.4. The van der Waals surface area contributed by atoms with Gasteiger partial charge in [-0.2, -0.15) is 0 Å². The van der Waals surface area contributed by atoms with E-state index in [1.165, 1.54) is 50.5 Å². The molecule has 3 aliphatic heterocycles. The molecular formula is C59H84N2O17. The Hall–Kier alpha value is -5.44. The number of fused-ring (bicyclic) bond motifs is 3. The van der Waals surface area contributed by atoms with Crippen LogP contribution in [0.4, 0.5) is 10.5 Å². The van der Waals surface area contributed by atoms with Crippen molar-refractivity contribution in [3.05, 3.63) is 82.0 Å². The summed E-state index contributed by atoms with van der Waals surface area (Å²) >= 11 is 0. The number of Topliss-reactive ketones (excluding diaryl/α,β-unsaturated/α-hetero) is 3. The number of cyclic esters (lactones) is 1. The van der Waals surface area contributed by atoms with E-state index in [4.69, 9.17) is 37.9 Å². The van der Waals surface area contributed by atoms with Crippen LogP contribution >= 0.6 is 0 Å². The molecule has 19 nitrogen and oxygen atoms in total. The Kier molecular flexibility index (Phi) is 24.1. The molecule has 0 spiro atoms. The van der Waals surface area contributed by atoms with Crippen molar-refractivity contribution in [3.8, 4) is 5.75 Å². The van der Waals surface area contributed by atoms with Crippen LogP contribution in [0.5, 0.6) is 5.75 Å². The van der Waals surface area contributed by atoms with Gasteiger partial charge in [-0.1, -0.05) is 71.1 Å². The number of non-ortho nitro benzene ring substituents is 1. The molecule has 4 aliphatic rings. The van der Waals surface area contributed by atoms with E-state index in [0.29, 0.717) is 69.8 Å². The summed E-state index contributed by atoms with van der Waals surface area (Å²) in [5, 5.41) is 23.1. The number of carbonyl (C=O) groups is 6. The minimum atomic E-state index is -2.47. The largest absolute Gasteiger partial charge is 0.514 e. The molecule has 0 aromatic heterocycles. The molecule has 1 aromatic carbocycles. The number of amides is 1. The van der Waals surface area contributed by atoms with Gasteiger partial charge in [0.2, 0.25) is 5.79 Å². The summed E-state index contributed by atoms with van der Waals surface area (Å²) in [6, 6.07) is 3.81. The first-order valence-corrected chi connectivity index (χ1v) is 27.5. The lowest BCUT2D eigenvalue weighted by molar-refractivity contribution is -0.384. The first-order valence-electron chi connectivity index (χ1n) is 27.5. The molecule has 3 heterocycles. The van der Waals surface area contributed by atoms with E-state index < -0.39 is 107 Å². The summed E-state index contributed by atoms with van der Waals surface area (Å²) in [7, 11) is 6.01. The van der Waals surface area contributed by atoms with Gasteiger partial charge >= 0.3 is 12.1 Å². The maximum Gasteiger partial charge on any atom is 0.514 e. The van der Waals surface area contributed by atoms with E-state index in [2.05, 4.69) is 0 Å². The number of hydrogen-bond donors (Lipinski definition) is 1. The van der Waals surface area contributed by atoms with E-state index in [9.17, 15) is 44.0 Å². The Balaban J connectivity index is 1.43. The molecule has 15 atom stereocenters. The maximum absolute atomic E-state index is 14.6. The molecule has 3 fully saturated rings. The van der Waals surface area contributed by atoms with E-state index in [1.54, 1.807) is 34.0 Å². The summed E-state index contributed by atoms with van der Waals surface area (Å²) in [6.45, 7) is 12.9. The Labute approximate surface area is 459 Å². The average Bonchev–Trinajstić information content (AvgIpc) is 3.46. The maximum atomic E-state index is 14.6. The second-order valence-electron chi connectivity index (χ2n) is 22.0. The van der Waals surface area contributed by atoms with Gasteiger partial charge in [0, 0.05) is 77.7 Å². The summed E-state index contributed by atoms with van der Waals surface area (Å²) in [6.07, 6.45) is 9.79. The van der Waals surface area contributed by atoms with Crippen LogP contribution in [0.1, 0.15) is 126 Å². The normalized spacial score (nSPS) is 35.4. The molecule has 5 rings (SSSR count). The van der Waals surface area contributed by atoms with Gasteiger partial charge < -0.3 is 47.9 Å². The fraction of sp³-hybridized carbons (Fsp3) is 0.661. The number of esters is 1. The van der Waals surface area contributed by atoms with Crippen molar-refractivity contribution in [1.82, 2.24) is 4.90 Å². The number of carbonyl (C=O) groups excluding carboxylic acids is 6. The van der Waals surface area contributed by atoms with E-state index in [1.807, 2.05) is 58.1 Å². The highest BCUT2D eigenvalue weighted by atomic mass is 16.7. The standard InChI is InChI=1S/C59H84N2O17/c1-35-17-13-12-14-18-36(2)49(71-8)33-45-24-20-41(7)59(68,78-45)55(64)56(65)60-28-16-15-19-46(60)57(66)76-50(34-47(62)37(3)30-40(6)53(73-10)54(74-11)52(63)39(5)29-35)38(4)31-42-21-27-48(51(32-42)72-9)77-58(67)75-44-25-22-43(23-26-44)61(69)70/h12-14,17-18,22-23,25-26,30,35,37-39,41-42,45-46,48-51,53-54,68H,15-16,19-21,24,27-29,31-34H2,1-11H3/b14-12+,17-13+,36-18+,40-30+/t35-,37-,38-,39-,41-,42+,45+,46+,48-,49?,50+,51-,53?,54+,59-/m1/s1. The molecule has 2 bridgehead atoms. The van der Waals surface area contributed by atoms with Crippen LogP contribution in [0.15, 0.2) is 71.9 Å². The van der Waals surface area contributed by atoms with Crippen LogP contribution in [-0.2, 0) is 57.1 Å². The highest BCUT2D eigenvalue weighted by Gasteiger charge is 2.53. The van der Waals surface area contributed by atoms with Crippen LogP contribution < -0.4 is 4.74 Å². The number of benzene rings is 1. The lowest BCUT2D eigenvalue weighted by atomic mass is 9.78.